The second-order valence-electron chi connectivity index (χ2n) is 6.17. The molecule has 1 aromatic heterocycles. The third kappa shape index (κ3) is 3.86. The molecule has 2 heterocycles. The molecule has 0 radical (unpaired) electrons. The highest BCUT2D eigenvalue weighted by Gasteiger charge is 2.13. The van der Waals surface area contributed by atoms with Gasteiger partial charge in [-0.1, -0.05) is 12.1 Å². The summed E-state index contributed by atoms with van der Waals surface area (Å²) in [6, 6.07) is 10.3. The third-order valence-corrected chi connectivity index (χ3v) is 4.08. The highest BCUT2D eigenvalue weighted by Crippen LogP contribution is 2.22. The van der Waals surface area contributed by atoms with Crippen molar-refractivity contribution in [2.24, 2.45) is 0 Å². The van der Waals surface area contributed by atoms with Crippen molar-refractivity contribution in [2.45, 2.75) is 12.8 Å². The van der Waals surface area contributed by atoms with Crippen molar-refractivity contribution < 1.29 is 0 Å². The van der Waals surface area contributed by atoms with E-state index in [0.717, 1.165) is 18.7 Å². The molecule has 2 N–H and O–H groups in total. The standard InChI is InChI=1S/C18H21N7/c1-24(2)18-22-16(21-17(20)23-18)14(12-19)11-13-5-7-15(8-6-13)25-9-3-4-10-25/h5-8,11H,3-4,9-10H2,1-2H3,(H2,20,21,22,23). The number of hydrogen-bond donors (Lipinski definition) is 1. The summed E-state index contributed by atoms with van der Waals surface area (Å²) in [5, 5.41) is 9.51. The van der Waals surface area contributed by atoms with Crippen LogP contribution < -0.4 is 15.5 Å². The maximum absolute atomic E-state index is 9.51. The van der Waals surface area contributed by atoms with E-state index in [0.29, 0.717) is 11.5 Å². The molecule has 2 aromatic rings. The van der Waals surface area contributed by atoms with E-state index >= 15 is 0 Å². The number of anilines is 3. The van der Waals surface area contributed by atoms with Crippen LogP contribution in [0.15, 0.2) is 24.3 Å². The fourth-order valence-corrected chi connectivity index (χ4v) is 2.77. The summed E-state index contributed by atoms with van der Waals surface area (Å²) in [6.45, 7) is 2.21. The molecule has 0 amide bonds. The quantitative estimate of drug-likeness (QED) is 0.856. The lowest BCUT2D eigenvalue weighted by molar-refractivity contribution is 0.949. The number of allylic oxidation sites excluding steroid dienone is 1. The maximum atomic E-state index is 9.51. The van der Waals surface area contributed by atoms with Gasteiger partial charge in [0.2, 0.25) is 11.9 Å². The van der Waals surface area contributed by atoms with E-state index in [2.05, 4.69) is 38.1 Å². The molecular weight excluding hydrogens is 314 g/mol. The summed E-state index contributed by atoms with van der Waals surface area (Å²) in [4.78, 5) is 16.5. The predicted octanol–water partition coefficient (Wildman–Crippen LogP) is 2.18. The molecule has 25 heavy (non-hydrogen) atoms. The van der Waals surface area contributed by atoms with Crippen molar-refractivity contribution in [2.75, 3.05) is 42.7 Å². The average Bonchev–Trinajstić information content (AvgIpc) is 3.14. The van der Waals surface area contributed by atoms with Crippen LogP contribution in [0.2, 0.25) is 0 Å². The Bertz CT molecular complexity index is 812. The summed E-state index contributed by atoms with van der Waals surface area (Å²) in [5.41, 5.74) is 8.23. The van der Waals surface area contributed by atoms with Gasteiger partial charge in [-0.25, -0.2) is 0 Å². The van der Waals surface area contributed by atoms with E-state index in [1.165, 1.54) is 18.5 Å². The van der Waals surface area contributed by atoms with Crippen molar-refractivity contribution in [3.63, 3.8) is 0 Å². The van der Waals surface area contributed by atoms with Gasteiger partial charge in [-0.2, -0.15) is 20.2 Å². The molecular formula is C18H21N7. The minimum absolute atomic E-state index is 0.0965. The van der Waals surface area contributed by atoms with Gasteiger partial charge in [-0.05, 0) is 36.6 Å². The molecule has 7 nitrogen and oxygen atoms in total. The maximum Gasteiger partial charge on any atom is 0.230 e. The van der Waals surface area contributed by atoms with E-state index in [1.54, 1.807) is 11.0 Å². The van der Waals surface area contributed by atoms with Crippen molar-refractivity contribution >= 4 is 29.2 Å². The molecule has 1 fully saturated rings. The smallest absolute Gasteiger partial charge is 0.230 e. The third-order valence-electron chi connectivity index (χ3n) is 4.08. The van der Waals surface area contributed by atoms with Crippen LogP contribution in [0.3, 0.4) is 0 Å². The number of benzene rings is 1. The van der Waals surface area contributed by atoms with Crippen LogP contribution in [0, 0.1) is 11.3 Å². The Balaban J connectivity index is 1.89. The number of nitrogens with zero attached hydrogens (tertiary/aromatic N) is 6. The molecule has 7 heteroatoms. The lowest BCUT2D eigenvalue weighted by Crippen LogP contribution is -2.17. The molecule has 0 aliphatic carbocycles. The number of nitrogen functional groups attached to an aromatic ring is 1. The van der Waals surface area contributed by atoms with Gasteiger partial charge < -0.3 is 15.5 Å². The number of rotatable bonds is 4. The lowest BCUT2D eigenvalue weighted by atomic mass is 10.1. The summed E-state index contributed by atoms with van der Waals surface area (Å²) < 4.78 is 0. The number of nitrogens with two attached hydrogens (primary N) is 1. The molecule has 0 unspecified atom stereocenters. The largest absolute Gasteiger partial charge is 0.372 e. The fraction of sp³-hybridized carbons (Fsp3) is 0.333. The first-order chi connectivity index (χ1) is 12.1. The van der Waals surface area contributed by atoms with Gasteiger partial charge in [0.05, 0.1) is 5.57 Å². The Hall–Kier alpha value is -3.14. The van der Waals surface area contributed by atoms with E-state index < -0.39 is 0 Å². The fourth-order valence-electron chi connectivity index (χ4n) is 2.77. The van der Waals surface area contributed by atoms with Gasteiger partial charge in [0.1, 0.15) is 6.07 Å². The molecule has 0 bridgehead atoms. The van der Waals surface area contributed by atoms with Gasteiger partial charge >= 0.3 is 0 Å². The molecule has 0 atom stereocenters. The summed E-state index contributed by atoms with van der Waals surface area (Å²) in [7, 11) is 3.62. The van der Waals surface area contributed by atoms with Gasteiger partial charge in [0.15, 0.2) is 5.82 Å². The zero-order chi connectivity index (χ0) is 17.8. The summed E-state index contributed by atoms with van der Waals surface area (Å²) >= 11 is 0. The van der Waals surface area contributed by atoms with Crippen LogP contribution in [0.4, 0.5) is 17.6 Å². The van der Waals surface area contributed by atoms with Gasteiger partial charge in [0.25, 0.3) is 0 Å². The molecule has 1 aliphatic heterocycles. The van der Waals surface area contributed by atoms with Crippen molar-refractivity contribution in [1.82, 2.24) is 15.0 Å². The van der Waals surface area contributed by atoms with E-state index in [-0.39, 0.29) is 11.8 Å². The summed E-state index contributed by atoms with van der Waals surface area (Å²) in [5.74, 6) is 0.801. The van der Waals surface area contributed by atoms with Crippen molar-refractivity contribution in [3.8, 4) is 6.07 Å². The second-order valence-corrected chi connectivity index (χ2v) is 6.17. The van der Waals surface area contributed by atoms with Crippen LogP contribution in [-0.4, -0.2) is 42.1 Å². The van der Waals surface area contributed by atoms with E-state index in [1.807, 2.05) is 26.2 Å². The molecule has 1 aromatic carbocycles. The Kier molecular flexibility index (Phi) is 4.80. The lowest BCUT2D eigenvalue weighted by Gasteiger charge is -2.17. The van der Waals surface area contributed by atoms with Crippen molar-refractivity contribution in [3.05, 3.63) is 35.7 Å². The van der Waals surface area contributed by atoms with Crippen LogP contribution in [-0.2, 0) is 0 Å². The normalized spacial score (nSPS) is 14.4. The Morgan fingerprint density at radius 1 is 1.16 bits per heavy atom. The van der Waals surface area contributed by atoms with Crippen molar-refractivity contribution in [1.29, 1.82) is 5.26 Å². The number of hydrogen-bond acceptors (Lipinski definition) is 7. The minimum atomic E-state index is 0.0965. The first kappa shape index (κ1) is 16.7. The molecule has 0 spiro atoms. The zero-order valence-corrected chi connectivity index (χ0v) is 14.5. The number of nitriles is 1. The van der Waals surface area contributed by atoms with Gasteiger partial charge in [-0.15, -0.1) is 0 Å². The monoisotopic (exact) mass is 335 g/mol. The van der Waals surface area contributed by atoms with E-state index in [9.17, 15) is 5.26 Å². The average molecular weight is 335 g/mol. The highest BCUT2D eigenvalue weighted by atomic mass is 15.3. The topological polar surface area (TPSA) is 95.0 Å². The van der Waals surface area contributed by atoms with Gasteiger partial charge in [-0.3, -0.25) is 0 Å². The van der Waals surface area contributed by atoms with Crippen LogP contribution >= 0.6 is 0 Å². The van der Waals surface area contributed by atoms with E-state index in [4.69, 9.17) is 5.73 Å². The minimum Gasteiger partial charge on any atom is -0.372 e. The Morgan fingerprint density at radius 3 is 2.44 bits per heavy atom. The zero-order valence-electron chi connectivity index (χ0n) is 14.5. The summed E-state index contributed by atoms with van der Waals surface area (Å²) in [6.07, 6.45) is 4.26. The Labute approximate surface area is 147 Å². The van der Waals surface area contributed by atoms with Crippen LogP contribution in [0.25, 0.3) is 11.6 Å². The number of aromatic nitrogens is 3. The second kappa shape index (κ2) is 7.18. The molecule has 0 saturated carbocycles. The molecule has 128 valence electrons. The SMILES string of the molecule is CN(C)c1nc(N)nc(C(C#N)=Cc2ccc(N3CCCC3)cc2)n1. The van der Waals surface area contributed by atoms with Crippen LogP contribution in [0.5, 0.6) is 0 Å². The molecule has 1 saturated heterocycles. The molecule has 3 rings (SSSR count). The highest BCUT2D eigenvalue weighted by molar-refractivity contribution is 5.87. The molecule has 1 aliphatic rings. The first-order valence-electron chi connectivity index (χ1n) is 8.23. The van der Waals surface area contributed by atoms with Gasteiger partial charge in [0, 0.05) is 32.9 Å². The first-order valence-corrected chi connectivity index (χ1v) is 8.23. The van der Waals surface area contributed by atoms with Crippen LogP contribution in [0.1, 0.15) is 24.2 Å². The Morgan fingerprint density at radius 2 is 1.84 bits per heavy atom. The predicted molar refractivity (Wildman–Crippen MR) is 99.9 cm³/mol.